The van der Waals surface area contributed by atoms with Crippen molar-refractivity contribution in [2.24, 2.45) is 0 Å². The lowest BCUT2D eigenvalue weighted by atomic mass is 10.0. The van der Waals surface area contributed by atoms with Crippen molar-refractivity contribution in [3.8, 4) is 0 Å². The molecule has 2 amide bonds. The number of halogens is 1. The highest BCUT2D eigenvalue weighted by Gasteiger charge is 2.16. The van der Waals surface area contributed by atoms with Crippen LogP contribution in [0.5, 0.6) is 0 Å². The van der Waals surface area contributed by atoms with E-state index in [1.54, 1.807) is 19.1 Å². The molecular weight excluding hydrogens is 323 g/mol. The first-order valence-corrected chi connectivity index (χ1v) is 8.04. The van der Waals surface area contributed by atoms with Crippen LogP contribution in [0.25, 0.3) is 0 Å². The van der Waals surface area contributed by atoms with Gasteiger partial charge < -0.3 is 15.7 Å². The van der Waals surface area contributed by atoms with Crippen LogP contribution >= 0.6 is 0 Å². The normalized spacial score (nSPS) is 11.6. The standard InChI is InChI=1S/C19H21FN2O3/c1-13-6-5-9-16(20)18(13)22-19(25)21-15(10-11-17(23)24)12-14-7-3-2-4-8-14/h2-9,15H,10-12H2,1H3,(H,23,24)(H2,21,22,25). The summed E-state index contributed by atoms with van der Waals surface area (Å²) < 4.78 is 13.8. The molecule has 132 valence electrons. The molecule has 0 heterocycles. The first-order valence-electron chi connectivity index (χ1n) is 8.04. The number of amides is 2. The van der Waals surface area contributed by atoms with E-state index in [9.17, 15) is 14.0 Å². The molecule has 5 nitrogen and oxygen atoms in total. The molecule has 1 atom stereocenters. The van der Waals surface area contributed by atoms with Gasteiger partial charge in [0, 0.05) is 12.5 Å². The van der Waals surface area contributed by atoms with Crippen LogP contribution in [-0.4, -0.2) is 23.1 Å². The van der Waals surface area contributed by atoms with Crippen LogP contribution in [-0.2, 0) is 11.2 Å². The van der Waals surface area contributed by atoms with Crippen molar-refractivity contribution < 1.29 is 19.1 Å². The van der Waals surface area contributed by atoms with E-state index in [0.717, 1.165) is 5.56 Å². The molecule has 0 aromatic heterocycles. The highest BCUT2D eigenvalue weighted by Crippen LogP contribution is 2.18. The number of nitrogens with one attached hydrogen (secondary N) is 2. The Kier molecular flexibility index (Phi) is 6.51. The molecule has 0 aliphatic heterocycles. The molecule has 0 radical (unpaired) electrons. The van der Waals surface area contributed by atoms with E-state index in [2.05, 4.69) is 10.6 Å². The minimum absolute atomic E-state index is 0.0590. The van der Waals surface area contributed by atoms with Gasteiger partial charge >= 0.3 is 12.0 Å². The molecule has 2 aromatic rings. The average Bonchev–Trinajstić information content (AvgIpc) is 2.57. The summed E-state index contributed by atoms with van der Waals surface area (Å²) in [6.45, 7) is 1.70. The molecule has 0 fully saturated rings. The van der Waals surface area contributed by atoms with Gasteiger partial charge in [0.2, 0.25) is 0 Å². The molecule has 0 saturated heterocycles. The molecule has 2 aromatic carbocycles. The van der Waals surface area contributed by atoms with Gasteiger partial charge in [-0.2, -0.15) is 0 Å². The number of carboxylic acid groups (broad SMARTS) is 1. The first-order chi connectivity index (χ1) is 12.0. The number of aliphatic carboxylic acids is 1. The van der Waals surface area contributed by atoms with E-state index >= 15 is 0 Å². The van der Waals surface area contributed by atoms with Gasteiger partial charge in [0.1, 0.15) is 5.82 Å². The average molecular weight is 344 g/mol. The van der Waals surface area contributed by atoms with Crippen molar-refractivity contribution in [1.82, 2.24) is 5.32 Å². The summed E-state index contributed by atoms with van der Waals surface area (Å²) >= 11 is 0. The molecule has 1 unspecified atom stereocenters. The topological polar surface area (TPSA) is 78.4 Å². The van der Waals surface area contributed by atoms with E-state index in [0.29, 0.717) is 12.0 Å². The van der Waals surface area contributed by atoms with Crippen LogP contribution in [0.3, 0.4) is 0 Å². The number of rotatable bonds is 7. The zero-order chi connectivity index (χ0) is 18.2. The monoisotopic (exact) mass is 344 g/mol. The van der Waals surface area contributed by atoms with Crippen LogP contribution in [0.4, 0.5) is 14.9 Å². The smallest absolute Gasteiger partial charge is 0.319 e. The molecule has 0 aliphatic carbocycles. The maximum absolute atomic E-state index is 13.8. The van der Waals surface area contributed by atoms with Gasteiger partial charge in [-0.1, -0.05) is 42.5 Å². The van der Waals surface area contributed by atoms with Crippen LogP contribution in [0.15, 0.2) is 48.5 Å². The molecule has 2 rings (SSSR count). The second-order valence-corrected chi connectivity index (χ2v) is 5.85. The third-order valence-electron chi connectivity index (χ3n) is 3.83. The van der Waals surface area contributed by atoms with Crippen molar-refractivity contribution in [2.75, 3.05) is 5.32 Å². The van der Waals surface area contributed by atoms with Crippen LogP contribution < -0.4 is 10.6 Å². The Labute approximate surface area is 145 Å². The van der Waals surface area contributed by atoms with E-state index in [4.69, 9.17) is 5.11 Å². The van der Waals surface area contributed by atoms with Gasteiger partial charge in [0.15, 0.2) is 0 Å². The number of carboxylic acids is 1. The van der Waals surface area contributed by atoms with Gasteiger partial charge in [0.05, 0.1) is 5.69 Å². The quantitative estimate of drug-likeness (QED) is 0.716. The molecule has 0 aliphatic rings. The third-order valence-corrected chi connectivity index (χ3v) is 3.83. The maximum atomic E-state index is 13.8. The molecule has 6 heteroatoms. The number of aryl methyl sites for hydroxylation is 1. The lowest BCUT2D eigenvalue weighted by Gasteiger charge is -2.19. The summed E-state index contributed by atoms with van der Waals surface area (Å²) in [6, 6.07) is 13.1. The van der Waals surface area contributed by atoms with E-state index < -0.39 is 17.8 Å². The Morgan fingerprint density at radius 1 is 1.12 bits per heavy atom. The summed E-state index contributed by atoms with van der Waals surface area (Å²) in [7, 11) is 0. The third kappa shape index (κ3) is 5.91. The number of anilines is 1. The zero-order valence-electron chi connectivity index (χ0n) is 14.0. The van der Waals surface area contributed by atoms with Crippen molar-refractivity contribution >= 4 is 17.7 Å². The number of urea groups is 1. The van der Waals surface area contributed by atoms with E-state index in [1.165, 1.54) is 6.07 Å². The lowest BCUT2D eigenvalue weighted by molar-refractivity contribution is -0.137. The molecule has 0 saturated carbocycles. The van der Waals surface area contributed by atoms with Crippen molar-refractivity contribution in [1.29, 1.82) is 0 Å². The number of benzene rings is 2. The number of hydrogen-bond acceptors (Lipinski definition) is 2. The second-order valence-electron chi connectivity index (χ2n) is 5.85. The summed E-state index contributed by atoms with van der Waals surface area (Å²) in [6.07, 6.45) is 0.724. The lowest BCUT2D eigenvalue weighted by Crippen LogP contribution is -2.40. The predicted octanol–water partition coefficient (Wildman–Crippen LogP) is 3.73. The summed E-state index contributed by atoms with van der Waals surface area (Å²) in [4.78, 5) is 23.1. The van der Waals surface area contributed by atoms with Gasteiger partial charge in [-0.3, -0.25) is 4.79 Å². The predicted molar refractivity (Wildman–Crippen MR) is 94.1 cm³/mol. The second kappa shape index (κ2) is 8.82. The van der Waals surface area contributed by atoms with Gasteiger partial charge in [0.25, 0.3) is 0 Å². The van der Waals surface area contributed by atoms with Gasteiger partial charge in [-0.25, -0.2) is 9.18 Å². The number of para-hydroxylation sites is 1. The maximum Gasteiger partial charge on any atom is 0.319 e. The van der Waals surface area contributed by atoms with Crippen LogP contribution in [0, 0.1) is 12.7 Å². The Morgan fingerprint density at radius 3 is 2.48 bits per heavy atom. The number of hydrogen-bond donors (Lipinski definition) is 3. The highest BCUT2D eigenvalue weighted by molar-refractivity contribution is 5.90. The largest absolute Gasteiger partial charge is 0.481 e. The molecule has 0 bridgehead atoms. The highest BCUT2D eigenvalue weighted by atomic mass is 19.1. The van der Waals surface area contributed by atoms with Gasteiger partial charge in [-0.05, 0) is 37.0 Å². The minimum Gasteiger partial charge on any atom is -0.481 e. The Bertz CT molecular complexity index is 714. The summed E-state index contributed by atoms with van der Waals surface area (Å²) in [5, 5.41) is 14.1. The fourth-order valence-electron chi connectivity index (χ4n) is 2.55. The van der Waals surface area contributed by atoms with Gasteiger partial charge in [-0.15, -0.1) is 0 Å². The SMILES string of the molecule is Cc1cccc(F)c1NC(=O)NC(CCC(=O)O)Cc1ccccc1. The Morgan fingerprint density at radius 2 is 1.84 bits per heavy atom. The molecule has 25 heavy (non-hydrogen) atoms. The van der Waals surface area contributed by atoms with Crippen molar-refractivity contribution in [2.45, 2.75) is 32.2 Å². The van der Waals surface area contributed by atoms with E-state index in [1.807, 2.05) is 30.3 Å². The molecular formula is C19H21FN2O3. The van der Waals surface area contributed by atoms with Crippen molar-refractivity contribution in [3.63, 3.8) is 0 Å². The first kappa shape index (κ1) is 18.4. The fraction of sp³-hybridized carbons (Fsp3) is 0.263. The molecule has 0 spiro atoms. The number of carbonyl (C=O) groups excluding carboxylic acids is 1. The molecule has 3 N–H and O–H groups in total. The van der Waals surface area contributed by atoms with E-state index in [-0.39, 0.29) is 24.6 Å². The number of carbonyl (C=O) groups is 2. The Hall–Kier alpha value is -2.89. The van der Waals surface area contributed by atoms with Crippen LogP contribution in [0.2, 0.25) is 0 Å². The summed E-state index contributed by atoms with van der Waals surface area (Å²) in [5.74, 6) is -1.44. The van der Waals surface area contributed by atoms with Crippen molar-refractivity contribution in [3.05, 3.63) is 65.5 Å². The zero-order valence-corrected chi connectivity index (χ0v) is 14.0. The summed E-state index contributed by atoms with van der Waals surface area (Å²) in [5.41, 5.74) is 1.72. The Balaban J connectivity index is 2.04. The van der Waals surface area contributed by atoms with Crippen LogP contribution in [0.1, 0.15) is 24.0 Å². The minimum atomic E-state index is -0.926. The fourth-order valence-corrected chi connectivity index (χ4v) is 2.55.